The number of nitrogens with zero attached hydrogens (tertiary/aromatic N) is 1. The number of rotatable bonds is 8. The van der Waals surface area contributed by atoms with Crippen molar-refractivity contribution in [2.45, 2.75) is 32.4 Å². The number of carbonyl (C=O) groups excluding carboxylic acids is 3. The van der Waals surface area contributed by atoms with E-state index in [1.165, 1.54) is 18.9 Å². The molecule has 2 aromatic rings. The first-order valence-corrected chi connectivity index (χ1v) is 10.0. The van der Waals surface area contributed by atoms with E-state index in [4.69, 9.17) is 15.9 Å². The maximum absolute atomic E-state index is 13.0. The molecule has 3 rings (SSSR count). The van der Waals surface area contributed by atoms with E-state index in [-0.39, 0.29) is 29.9 Å². The maximum atomic E-state index is 13.0. The van der Waals surface area contributed by atoms with Crippen LogP contribution in [0, 0.1) is 5.41 Å². The van der Waals surface area contributed by atoms with Crippen molar-refractivity contribution < 1.29 is 19.1 Å². The normalized spacial score (nSPS) is 13.9. The molecular formula is C23H26N4O4. The lowest BCUT2D eigenvalue weighted by atomic mass is 9.96. The van der Waals surface area contributed by atoms with Gasteiger partial charge in [0, 0.05) is 31.1 Å². The zero-order chi connectivity index (χ0) is 22.5. The molecule has 162 valence electrons. The topological polar surface area (TPSA) is 126 Å². The monoisotopic (exact) mass is 422 g/mol. The number of nitrogens with two attached hydrogens (primary N) is 1. The Kier molecular flexibility index (Phi) is 6.69. The van der Waals surface area contributed by atoms with Crippen LogP contribution >= 0.6 is 0 Å². The van der Waals surface area contributed by atoms with Gasteiger partial charge in [0.2, 0.25) is 5.91 Å². The molecule has 0 radical (unpaired) electrons. The molecule has 31 heavy (non-hydrogen) atoms. The van der Waals surface area contributed by atoms with Crippen molar-refractivity contribution in [2.75, 3.05) is 13.6 Å². The van der Waals surface area contributed by atoms with Gasteiger partial charge in [-0.1, -0.05) is 24.3 Å². The number of ether oxygens (including phenoxy) is 1. The smallest absolute Gasteiger partial charge is 0.254 e. The number of hydrogen-bond donors (Lipinski definition) is 3. The molecule has 2 aromatic carbocycles. The second kappa shape index (κ2) is 9.42. The highest BCUT2D eigenvalue weighted by atomic mass is 16.5. The Balaban J connectivity index is 1.71. The van der Waals surface area contributed by atoms with Gasteiger partial charge in [-0.05, 0) is 42.7 Å². The molecule has 1 unspecified atom stereocenters. The molecule has 8 nitrogen and oxygen atoms in total. The largest absolute Gasteiger partial charge is 0.489 e. The molecule has 1 atom stereocenters. The highest BCUT2D eigenvalue weighted by Gasteiger charge is 2.34. The number of benzene rings is 2. The van der Waals surface area contributed by atoms with E-state index >= 15 is 0 Å². The summed E-state index contributed by atoms with van der Waals surface area (Å²) in [5.41, 5.74) is 8.42. The average Bonchev–Trinajstić information content (AvgIpc) is 2.76. The molecule has 2 amide bonds. The van der Waals surface area contributed by atoms with E-state index in [9.17, 15) is 14.4 Å². The third kappa shape index (κ3) is 5.09. The minimum atomic E-state index is -0.808. The molecule has 0 aromatic heterocycles. The molecule has 0 bridgehead atoms. The third-order valence-corrected chi connectivity index (χ3v) is 5.27. The van der Waals surface area contributed by atoms with Crippen LogP contribution in [-0.4, -0.2) is 48.0 Å². The number of Topliss-reactive ketones (excluding diaryl/α,β-unsaturated/α-hetero) is 1. The second-order valence-corrected chi connectivity index (χ2v) is 7.50. The average molecular weight is 422 g/mol. The minimum Gasteiger partial charge on any atom is -0.489 e. The third-order valence-electron chi connectivity index (χ3n) is 5.27. The zero-order valence-electron chi connectivity index (χ0n) is 17.6. The van der Waals surface area contributed by atoms with E-state index in [0.29, 0.717) is 36.4 Å². The van der Waals surface area contributed by atoms with Crippen LogP contribution in [0.1, 0.15) is 40.4 Å². The number of nitrogen functional groups attached to an aromatic ring is 1. The summed E-state index contributed by atoms with van der Waals surface area (Å²) < 4.78 is 5.86. The van der Waals surface area contributed by atoms with Gasteiger partial charge in [-0.25, -0.2) is 0 Å². The number of fused-ring (bicyclic) bond motifs is 1. The Bertz CT molecular complexity index is 1020. The van der Waals surface area contributed by atoms with Crippen molar-refractivity contribution in [3.63, 3.8) is 0 Å². The van der Waals surface area contributed by atoms with E-state index in [0.717, 1.165) is 11.1 Å². The molecular weight excluding hydrogens is 396 g/mol. The van der Waals surface area contributed by atoms with E-state index in [2.05, 4.69) is 5.32 Å². The summed E-state index contributed by atoms with van der Waals surface area (Å²) >= 11 is 0. The van der Waals surface area contributed by atoms with Gasteiger partial charge in [0.25, 0.3) is 5.91 Å². The second-order valence-electron chi connectivity index (χ2n) is 7.50. The first kappa shape index (κ1) is 22.0. The van der Waals surface area contributed by atoms with Crippen LogP contribution in [0.25, 0.3) is 0 Å². The molecule has 1 aliphatic heterocycles. The fourth-order valence-electron chi connectivity index (χ4n) is 3.60. The van der Waals surface area contributed by atoms with Crippen LogP contribution in [0.2, 0.25) is 0 Å². The standard InChI is InChI=1S/C23H26N4O4/c1-14(28)11-20(22(29)26-2)27-10-9-17-12-18(7-8-19(17)23(27)30)31-13-15-3-5-16(6-4-15)21(24)25/h3-8,12,20H,9-11,13H2,1-2H3,(H3,24,25)(H,26,29). The van der Waals surface area contributed by atoms with Crippen molar-refractivity contribution in [2.24, 2.45) is 5.73 Å². The van der Waals surface area contributed by atoms with Crippen LogP contribution in [0.4, 0.5) is 0 Å². The van der Waals surface area contributed by atoms with Crippen molar-refractivity contribution in [3.05, 3.63) is 64.7 Å². The molecule has 0 saturated heterocycles. The Hall–Kier alpha value is -3.68. The van der Waals surface area contributed by atoms with Gasteiger partial charge in [-0.15, -0.1) is 0 Å². The van der Waals surface area contributed by atoms with Gasteiger partial charge < -0.3 is 20.7 Å². The fraction of sp³-hybridized carbons (Fsp3) is 0.304. The van der Waals surface area contributed by atoms with E-state index in [1.54, 1.807) is 24.3 Å². The lowest BCUT2D eigenvalue weighted by Gasteiger charge is -2.34. The van der Waals surface area contributed by atoms with Gasteiger partial charge >= 0.3 is 0 Å². The van der Waals surface area contributed by atoms with Crippen molar-refractivity contribution in [3.8, 4) is 5.75 Å². The van der Waals surface area contributed by atoms with Crippen LogP contribution < -0.4 is 15.8 Å². The molecule has 8 heteroatoms. The quantitative estimate of drug-likeness (QED) is 0.440. The summed E-state index contributed by atoms with van der Waals surface area (Å²) in [5, 5.41) is 9.97. The lowest BCUT2D eigenvalue weighted by Crippen LogP contribution is -2.52. The van der Waals surface area contributed by atoms with Crippen LogP contribution in [0.3, 0.4) is 0 Å². The summed E-state index contributed by atoms with van der Waals surface area (Å²) in [5.74, 6) is -0.0949. The number of amidine groups is 1. The molecule has 0 saturated carbocycles. The van der Waals surface area contributed by atoms with E-state index < -0.39 is 6.04 Å². The molecule has 0 aliphatic carbocycles. The molecule has 0 fully saturated rings. The molecule has 0 spiro atoms. The van der Waals surface area contributed by atoms with Crippen molar-refractivity contribution >= 4 is 23.4 Å². The van der Waals surface area contributed by atoms with Gasteiger partial charge in [0.1, 0.15) is 30.0 Å². The first-order valence-electron chi connectivity index (χ1n) is 10.0. The summed E-state index contributed by atoms with van der Waals surface area (Å²) in [6.45, 7) is 2.11. The highest BCUT2D eigenvalue weighted by Crippen LogP contribution is 2.26. The number of ketones is 1. The van der Waals surface area contributed by atoms with Gasteiger partial charge in [0.15, 0.2) is 0 Å². The Morgan fingerprint density at radius 1 is 1.23 bits per heavy atom. The molecule has 1 heterocycles. The number of likely N-dealkylation sites (N-methyl/N-ethyl adjacent to an activating group) is 1. The highest BCUT2D eigenvalue weighted by molar-refractivity contribution is 6.01. The van der Waals surface area contributed by atoms with Crippen LogP contribution in [-0.2, 0) is 22.6 Å². The number of amides is 2. The Morgan fingerprint density at radius 2 is 1.94 bits per heavy atom. The summed E-state index contributed by atoms with van der Waals surface area (Å²) in [7, 11) is 1.50. The predicted molar refractivity (Wildman–Crippen MR) is 116 cm³/mol. The Labute approximate surface area is 180 Å². The van der Waals surface area contributed by atoms with Crippen LogP contribution in [0.5, 0.6) is 5.75 Å². The predicted octanol–water partition coefficient (Wildman–Crippen LogP) is 1.64. The van der Waals surface area contributed by atoms with E-state index in [1.807, 2.05) is 18.2 Å². The van der Waals surface area contributed by atoms with Crippen molar-refractivity contribution in [1.82, 2.24) is 10.2 Å². The number of nitrogens with one attached hydrogen (secondary N) is 2. The summed E-state index contributed by atoms with van der Waals surface area (Å²) in [6.07, 6.45) is 0.557. The SMILES string of the molecule is CNC(=O)C(CC(C)=O)N1CCc2cc(OCc3ccc(C(=N)N)cc3)ccc2C1=O. The molecule has 4 N–H and O–H groups in total. The zero-order valence-corrected chi connectivity index (χ0v) is 17.6. The number of carbonyl (C=O) groups is 3. The summed E-state index contributed by atoms with van der Waals surface area (Å²) in [6, 6.07) is 11.7. The van der Waals surface area contributed by atoms with Gasteiger partial charge in [-0.2, -0.15) is 0 Å². The van der Waals surface area contributed by atoms with Crippen LogP contribution in [0.15, 0.2) is 42.5 Å². The Morgan fingerprint density at radius 3 is 2.55 bits per heavy atom. The van der Waals surface area contributed by atoms with Crippen molar-refractivity contribution in [1.29, 1.82) is 5.41 Å². The summed E-state index contributed by atoms with van der Waals surface area (Å²) in [4.78, 5) is 38.3. The molecule has 1 aliphatic rings. The lowest BCUT2D eigenvalue weighted by molar-refractivity contribution is -0.129. The first-order chi connectivity index (χ1) is 14.8. The minimum absolute atomic E-state index is 0.00956. The van der Waals surface area contributed by atoms with Gasteiger partial charge in [0.05, 0.1) is 0 Å². The maximum Gasteiger partial charge on any atom is 0.254 e. The fourth-order valence-corrected chi connectivity index (χ4v) is 3.60. The number of hydrogen-bond acceptors (Lipinski definition) is 5. The van der Waals surface area contributed by atoms with Gasteiger partial charge in [-0.3, -0.25) is 19.8 Å².